The Balaban J connectivity index is 0.000000199. The first-order chi connectivity index (χ1) is 36.8. The predicted octanol–water partition coefficient (Wildman–Crippen LogP) is 16.7. The molecule has 2 heterocycles. The number of alkyl halides is 2. The van der Waals surface area contributed by atoms with E-state index in [1.807, 2.05) is 79.8 Å². The van der Waals surface area contributed by atoms with E-state index in [1.165, 1.54) is 11.1 Å². The zero-order valence-electron chi connectivity index (χ0n) is 43.6. The van der Waals surface area contributed by atoms with Crippen molar-refractivity contribution in [1.29, 1.82) is 0 Å². The fraction of sp³-hybridized carbons (Fsp3) is 0.368. The molecular formula is C57H65Cl11N6O3. The Bertz CT molecular complexity index is 2590. The van der Waals surface area contributed by atoms with Crippen LogP contribution in [-0.4, -0.2) is 134 Å². The summed E-state index contributed by atoms with van der Waals surface area (Å²) >= 11 is 66.7. The van der Waals surface area contributed by atoms with Gasteiger partial charge in [-0.1, -0.05) is 141 Å². The van der Waals surface area contributed by atoms with Crippen molar-refractivity contribution in [3.05, 3.63) is 189 Å². The number of likely N-dealkylation sites (N-methyl/N-ethyl adjacent to an activating group) is 3. The standard InChI is InChI=1S/2C19H21Cl3N2O.C13H18Cl3NO.C6H5Cl2N/c2*1-23-9-10-24(17-8-7-15(21)11-16(17)22)19(18(23)12-25-2)13-3-5-14(20)6-4-13;1-17(8-7-14)12(9-18-2)13(16)10-3-5-11(15)6-4-10;7-4-1-2-6(9)5(8)3-4/h2*3-8,11,18-19H,9-10,12H2,1-2H3;3-6,12-13H,7-9H2,1-2H3;1-3H,9H2/t18-,19+;18-,19-;;/m10../s1. The third-order valence-electron chi connectivity index (χ3n) is 13.3. The molecule has 0 spiro atoms. The smallest absolute Gasteiger partial charge is 0.0762 e. The number of benzene rings is 6. The molecule has 0 bridgehead atoms. The summed E-state index contributed by atoms with van der Waals surface area (Å²) in [4.78, 5) is 11.5. The van der Waals surface area contributed by atoms with Gasteiger partial charge in [-0.2, -0.15) is 0 Å². The summed E-state index contributed by atoms with van der Waals surface area (Å²) in [5, 5.41) is 5.71. The molecule has 0 amide bonds. The van der Waals surface area contributed by atoms with Gasteiger partial charge in [-0.05, 0) is 129 Å². The van der Waals surface area contributed by atoms with Crippen molar-refractivity contribution in [2.75, 3.05) is 116 Å². The minimum absolute atomic E-state index is 0.0802. The van der Waals surface area contributed by atoms with Gasteiger partial charge in [-0.3, -0.25) is 14.7 Å². The van der Waals surface area contributed by atoms with E-state index in [-0.39, 0.29) is 35.6 Å². The second-order valence-electron chi connectivity index (χ2n) is 18.4. The highest BCUT2D eigenvalue weighted by Crippen LogP contribution is 2.41. The third-order valence-corrected chi connectivity index (χ3v) is 16.4. The van der Waals surface area contributed by atoms with Crippen molar-refractivity contribution in [3.63, 3.8) is 0 Å². The first-order valence-corrected chi connectivity index (χ1v) is 28.9. The van der Waals surface area contributed by atoms with Crippen molar-refractivity contribution < 1.29 is 14.2 Å². The monoisotopic (exact) mass is 1270 g/mol. The highest BCUT2D eigenvalue weighted by molar-refractivity contribution is 6.37. The van der Waals surface area contributed by atoms with E-state index in [4.69, 9.17) is 148 Å². The summed E-state index contributed by atoms with van der Waals surface area (Å²) in [7, 11) is 11.4. The van der Waals surface area contributed by atoms with Crippen LogP contribution in [0.2, 0.25) is 45.2 Å². The van der Waals surface area contributed by atoms with Crippen molar-refractivity contribution in [2.24, 2.45) is 0 Å². The second kappa shape index (κ2) is 32.9. The molecule has 2 fully saturated rings. The van der Waals surface area contributed by atoms with E-state index < -0.39 is 0 Å². The van der Waals surface area contributed by atoms with Crippen molar-refractivity contribution in [3.8, 4) is 0 Å². The van der Waals surface area contributed by atoms with Gasteiger partial charge in [0.25, 0.3) is 0 Å². The van der Waals surface area contributed by atoms with Crippen LogP contribution in [0.1, 0.15) is 34.2 Å². The summed E-state index contributed by atoms with van der Waals surface area (Å²) in [6, 6.07) is 40.6. The normalized spacial score (nSPS) is 18.6. The molecule has 6 aromatic carbocycles. The minimum Gasteiger partial charge on any atom is -0.398 e. The Morgan fingerprint density at radius 2 is 0.896 bits per heavy atom. The van der Waals surface area contributed by atoms with Crippen molar-refractivity contribution in [2.45, 2.75) is 35.6 Å². The molecule has 2 aliphatic rings. The van der Waals surface area contributed by atoms with Crippen LogP contribution in [-0.2, 0) is 14.2 Å². The number of anilines is 3. The molecule has 418 valence electrons. The van der Waals surface area contributed by atoms with Gasteiger partial charge in [0.2, 0.25) is 0 Å². The van der Waals surface area contributed by atoms with Crippen molar-refractivity contribution in [1.82, 2.24) is 14.7 Å². The number of hydrogen-bond acceptors (Lipinski definition) is 9. The van der Waals surface area contributed by atoms with Crippen LogP contribution in [0.15, 0.2) is 127 Å². The Kier molecular flexibility index (Phi) is 28.0. The number of nitrogens with zero attached hydrogens (tertiary/aromatic N) is 5. The molecule has 0 radical (unpaired) electrons. The van der Waals surface area contributed by atoms with E-state index in [0.717, 1.165) is 59.7 Å². The highest BCUT2D eigenvalue weighted by atomic mass is 35.5. The summed E-state index contributed by atoms with van der Waals surface area (Å²) in [6.45, 7) is 6.18. The number of methoxy groups -OCH3 is 3. The summed E-state index contributed by atoms with van der Waals surface area (Å²) in [5.41, 5.74) is 11.3. The van der Waals surface area contributed by atoms with Gasteiger partial charge >= 0.3 is 0 Å². The van der Waals surface area contributed by atoms with Gasteiger partial charge in [0.1, 0.15) is 0 Å². The molecule has 2 aliphatic heterocycles. The van der Waals surface area contributed by atoms with Crippen LogP contribution in [0.25, 0.3) is 0 Å². The van der Waals surface area contributed by atoms with E-state index >= 15 is 0 Å². The van der Waals surface area contributed by atoms with E-state index in [0.29, 0.717) is 66.5 Å². The molecule has 2 N–H and O–H groups in total. The first-order valence-electron chi connectivity index (χ1n) is 24.5. The van der Waals surface area contributed by atoms with Crippen LogP contribution in [0.5, 0.6) is 0 Å². The lowest BCUT2D eigenvalue weighted by atomic mass is 9.94. The van der Waals surface area contributed by atoms with Crippen LogP contribution >= 0.6 is 128 Å². The second-order valence-corrected chi connectivity index (χ2v) is 23.1. The van der Waals surface area contributed by atoms with Crippen LogP contribution in [0, 0.1) is 0 Å². The molecule has 0 aromatic heterocycles. The summed E-state index contributed by atoms with van der Waals surface area (Å²) in [5.74, 6) is 0.570. The van der Waals surface area contributed by atoms with Gasteiger partial charge in [0.15, 0.2) is 0 Å². The lowest BCUT2D eigenvalue weighted by Gasteiger charge is -2.47. The SMILES string of the molecule is COCC(C(Cl)c1ccc(Cl)cc1)N(C)CCCl.COC[C@@H]1[C@H](c2ccc(Cl)cc2)N(c2ccc(Cl)cc2Cl)CCN1C.COC[C@H]1[C@H](c2ccc(Cl)cc2)N(c2ccc(Cl)cc2Cl)CCN1C.Nc1ccc(Cl)cc1Cl. The lowest BCUT2D eigenvalue weighted by molar-refractivity contribution is 0.0745. The molecule has 77 heavy (non-hydrogen) atoms. The fourth-order valence-electron chi connectivity index (χ4n) is 9.18. The third kappa shape index (κ3) is 19.1. The zero-order valence-corrected chi connectivity index (χ0v) is 52.0. The number of hydrogen-bond donors (Lipinski definition) is 1. The van der Waals surface area contributed by atoms with Gasteiger partial charge in [0.05, 0.1) is 87.5 Å². The Morgan fingerprint density at radius 1 is 0.519 bits per heavy atom. The Hall–Kier alpha value is -2.33. The molecule has 0 saturated carbocycles. The van der Waals surface area contributed by atoms with Gasteiger partial charge < -0.3 is 29.7 Å². The molecule has 2 saturated heterocycles. The van der Waals surface area contributed by atoms with Crippen LogP contribution in [0.4, 0.5) is 17.1 Å². The predicted molar refractivity (Wildman–Crippen MR) is 333 cm³/mol. The molecule has 2 unspecified atom stereocenters. The largest absolute Gasteiger partial charge is 0.398 e. The summed E-state index contributed by atoms with van der Waals surface area (Å²) in [6.07, 6.45) is 0. The quantitative estimate of drug-likeness (QED) is 0.0800. The van der Waals surface area contributed by atoms with Crippen LogP contribution in [0.3, 0.4) is 0 Å². The fourth-order valence-corrected chi connectivity index (χ4v) is 11.7. The topological polar surface area (TPSA) is 69.9 Å². The maximum absolute atomic E-state index is 6.53. The van der Waals surface area contributed by atoms with Crippen molar-refractivity contribution >= 4 is 145 Å². The average Bonchev–Trinajstić information content (AvgIpc) is 3.41. The molecule has 9 nitrogen and oxygen atoms in total. The number of ether oxygens (including phenoxy) is 3. The van der Waals surface area contributed by atoms with Gasteiger partial charge in [0, 0.05) is 90.1 Å². The maximum Gasteiger partial charge on any atom is 0.0762 e. The number of rotatable bonds is 15. The Labute approximate surface area is 510 Å². The molecular weight excluding hydrogens is 1210 g/mol. The Morgan fingerprint density at radius 3 is 1.25 bits per heavy atom. The van der Waals surface area contributed by atoms with E-state index in [9.17, 15) is 0 Å². The molecule has 0 aliphatic carbocycles. The van der Waals surface area contributed by atoms with Gasteiger partial charge in [-0.25, -0.2) is 0 Å². The molecule has 8 rings (SSSR count). The molecule has 20 heteroatoms. The first kappa shape index (κ1) is 65.5. The lowest BCUT2D eigenvalue weighted by Crippen LogP contribution is -2.55. The highest BCUT2D eigenvalue weighted by Gasteiger charge is 2.38. The average molecular weight is 1270 g/mol. The molecule has 6 aromatic rings. The van der Waals surface area contributed by atoms with Gasteiger partial charge in [-0.15, -0.1) is 23.2 Å². The number of nitrogen functional groups attached to an aromatic ring is 1. The number of piperazine rings is 2. The maximum atomic E-state index is 6.53. The van der Waals surface area contributed by atoms with E-state index in [1.54, 1.807) is 51.7 Å². The molecule has 6 atom stereocenters. The zero-order chi connectivity index (χ0) is 56.3. The number of halogens is 11. The van der Waals surface area contributed by atoms with Crippen LogP contribution < -0.4 is 15.5 Å². The van der Waals surface area contributed by atoms with E-state index in [2.05, 4.69) is 62.9 Å². The minimum atomic E-state index is -0.157. The summed E-state index contributed by atoms with van der Waals surface area (Å²) < 4.78 is 16.3. The number of nitrogens with two attached hydrogens (primary N) is 1.